The molecule has 0 saturated heterocycles. The van der Waals surface area contributed by atoms with Crippen molar-refractivity contribution in [1.29, 1.82) is 0 Å². The lowest BCUT2D eigenvalue weighted by Crippen LogP contribution is -2.36. The molecule has 0 bridgehead atoms. The fourth-order valence-corrected chi connectivity index (χ4v) is 2.43. The second kappa shape index (κ2) is 5.62. The molecule has 0 radical (unpaired) electrons. The standard InChI is InChI=1S/C14H12F3N5O2/c1-7-18-13-20-11(23)6-10(22(13)21-7)12(24)19-9-5-3-2-4-8(9)14(15,16)17/h2-5,10H,6H2,1H3,(H,19,24)(H,18,20,21,23). The number of alkyl halides is 3. The minimum Gasteiger partial charge on any atom is -0.324 e. The number of carbonyl (C=O) groups excluding carboxylic acids is 2. The van der Waals surface area contributed by atoms with Gasteiger partial charge in [-0.05, 0) is 19.1 Å². The number of fused-ring (bicyclic) bond motifs is 1. The van der Waals surface area contributed by atoms with Crippen molar-refractivity contribution in [3.8, 4) is 0 Å². The predicted octanol–water partition coefficient (Wildman–Crippen LogP) is 2.13. The van der Waals surface area contributed by atoms with Gasteiger partial charge in [0.2, 0.25) is 17.8 Å². The van der Waals surface area contributed by atoms with Crippen LogP contribution in [0.1, 0.15) is 23.9 Å². The molecule has 1 aliphatic rings. The van der Waals surface area contributed by atoms with Gasteiger partial charge in [0.15, 0.2) is 0 Å². The van der Waals surface area contributed by atoms with E-state index in [-0.39, 0.29) is 18.1 Å². The molecule has 10 heteroatoms. The van der Waals surface area contributed by atoms with Crippen molar-refractivity contribution in [3.05, 3.63) is 35.7 Å². The highest BCUT2D eigenvalue weighted by atomic mass is 19.4. The Kier molecular flexibility index (Phi) is 3.74. The molecule has 3 rings (SSSR count). The van der Waals surface area contributed by atoms with Crippen LogP contribution < -0.4 is 10.6 Å². The van der Waals surface area contributed by atoms with E-state index in [2.05, 4.69) is 20.7 Å². The quantitative estimate of drug-likeness (QED) is 0.877. The summed E-state index contributed by atoms with van der Waals surface area (Å²) in [4.78, 5) is 28.1. The van der Waals surface area contributed by atoms with Crippen LogP contribution in [0.3, 0.4) is 0 Å². The third-order valence-electron chi connectivity index (χ3n) is 3.46. The molecule has 0 fully saturated rings. The smallest absolute Gasteiger partial charge is 0.324 e. The van der Waals surface area contributed by atoms with Gasteiger partial charge in [0.1, 0.15) is 11.9 Å². The van der Waals surface area contributed by atoms with Crippen LogP contribution in [0, 0.1) is 6.92 Å². The van der Waals surface area contributed by atoms with Crippen LogP contribution in [0.15, 0.2) is 24.3 Å². The maximum absolute atomic E-state index is 13.0. The summed E-state index contributed by atoms with van der Waals surface area (Å²) in [5.74, 6) is -0.805. The molecule has 24 heavy (non-hydrogen) atoms. The van der Waals surface area contributed by atoms with Gasteiger partial charge in [0.25, 0.3) is 0 Å². The van der Waals surface area contributed by atoms with Gasteiger partial charge in [0.05, 0.1) is 17.7 Å². The predicted molar refractivity (Wildman–Crippen MR) is 77.1 cm³/mol. The van der Waals surface area contributed by atoms with Crippen molar-refractivity contribution in [2.45, 2.75) is 25.6 Å². The molecule has 0 saturated carbocycles. The van der Waals surface area contributed by atoms with Crippen molar-refractivity contribution in [3.63, 3.8) is 0 Å². The van der Waals surface area contributed by atoms with E-state index in [1.165, 1.54) is 16.8 Å². The topological polar surface area (TPSA) is 88.9 Å². The van der Waals surface area contributed by atoms with Gasteiger partial charge in [-0.25, -0.2) is 4.68 Å². The van der Waals surface area contributed by atoms with Gasteiger partial charge in [-0.1, -0.05) is 12.1 Å². The minimum absolute atomic E-state index is 0.0907. The molecule has 2 N–H and O–H groups in total. The Balaban J connectivity index is 1.90. The molecule has 0 aliphatic carbocycles. The third-order valence-corrected chi connectivity index (χ3v) is 3.46. The van der Waals surface area contributed by atoms with Crippen molar-refractivity contribution in [2.24, 2.45) is 0 Å². The minimum atomic E-state index is -4.61. The maximum atomic E-state index is 13.0. The number of aromatic nitrogens is 3. The molecule has 2 amide bonds. The molecule has 126 valence electrons. The zero-order valence-corrected chi connectivity index (χ0v) is 12.4. The van der Waals surface area contributed by atoms with Crippen LogP contribution in [-0.4, -0.2) is 26.6 Å². The molecular formula is C14H12F3N5O2. The second-order valence-electron chi connectivity index (χ2n) is 5.23. The van der Waals surface area contributed by atoms with Crippen LogP contribution in [0.4, 0.5) is 24.8 Å². The number of rotatable bonds is 2. The normalized spacial score (nSPS) is 17.2. The first-order valence-corrected chi connectivity index (χ1v) is 6.96. The van der Waals surface area contributed by atoms with Gasteiger partial charge >= 0.3 is 6.18 Å². The molecule has 2 aromatic rings. The number of amides is 2. The summed E-state index contributed by atoms with van der Waals surface area (Å²) in [6, 6.07) is 3.55. The summed E-state index contributed by atoms with van der Waals surface area (Å²) in [6.07, 6.45) is -4.85. The number of nitrogens with one attached hydrogen (secondary N) is 2. The molecule has 7 nitrogen and oxygen atoms in total. The zero-order valence-electron chi connectivity index (χ0n) is 12.4. The average molecular weight is 339 g/mol. The van der Waals surface area contributed by atoms with E-state index < -0.39 is 29.6 Å². The molecule has 2 heterocycles. The summed E-state index contributed by atoms with van der Waals surface area (Å²) in [5, 5.41) is 8.69. The molecule has 1 atom stereocenters. The fourth-order valence-electron chi connectivity index (χ4n) is 2.43. The van der Waals surface area contributed by atoms with Crippen LogP contribution in [0.25, 0.3) is 0 Å². The van der Waals surface area contributed by atoms with Gasteiger partial charge in [-0.3, -0.25) is 14.9 Å². The fraction of sp³-hybridized carbons (Fsp3) is 0.286. The second-order valence-corrected chi connectivity index (χ2v) is 5.23. The number of carbonyl (C=O) groups is 2. The molecule has 0 spiro atoms. The summed E-state index contributed by atoms with van der Waals surface area (Å²) >= 11 is 0. The summed E-state index contributed by atoms with van der Waals surface area (Å²) < 4.78 is 40.2. The third kappa shape index (κ3) is 2.94. The van der Waals surface area contributed by atoms with E-state index >= 15 is 0 Å². The SMILES string of the molecule is Cc1nc2n(n1)C(C(=O)Nc1ccccc1C(F)(F)F)CC(=O)N2. The van der Waals surface area contributed by atoms with Crippen molar-refractivity contribution >= 4 is 23.5 Å². The highest BCUT2D eigenvalue weighted by Crippen LogP contribution is 2.35. The first-order valence-electron chi connectivity index (χ1n) is 6.96. The average Bonchev–Trinajstić information content (AvgIpc) is 2.85. The number of anilines is 2. The van der Waals surface area contributed by atoms with Gasteiger partial charge in [0, 0.05) is 0 Å². The number of benzene rings is 1. The Morgan fingerprint density at radius 1 is 1.38 bits per heavy atom. The van der Waals surface area contributed by atoms with E-state index in [9.17, 15) is 22.8 Å². The highest BCUT2D eigenvalue weighted by molar-refractivity contribution is 6.01. The van der Waals surface area contributed by atoms with Gasteiger partial charge < -0.3 is 5.32 Å². The van der Waals surface area contributed by atoms with E-state index in [0.29, 0.717) is 5.82 Å². The summed E-state index contributed by atoms with van der Waals surface area (Å²) in [6.45, 7) is 1.57. The maximum Gasteiger partial charge on any atom is 0.418 e. The monoisotopic (exact) mass is 339 g/mol. The van der Waals surface area contributed by atoms with Crippen LogP contribution in [-0.2, 0) is 15.8 Å². The molecule has 1 unspecified atom stereocenters. The zero-order chi connectivity index (χ0) is 17.5. The summed E-state index contributed by atoms with van der Waals surface area (Å²) in [5.41, 5.74) is -1.34. The van der Waals surface area contributed by atoms with Crippen molar-refractivity contribution < 1.29 is 22.8 Å². The number of hydrogen-bond acceptors (Lipinski definition) is 4. The lowest BCUT2D eigenvalue weighted by molar-refractivity contribution is -0.137. The number of hydrogen-bond donors (Lipinski definition) is 2. The van der Waals surface area contributed by atoms with E-state index in [1.54, 1.807) is 6.92 Å². The first kappa shape index (κ1) is 16.0. The molecule has 1 aromatic heterocycles. The highest BCUT2D eigenvalue weighted by Gasteiger charge is 2.36. The molecule has 1 aliphatic heterocycles. The lowest BCUT2D eigenvalue weighted by Gasteiger charge is -2.23. The number of para-hydroxylation sites is 1. The van der Waals surface area contributed by atoms with E-state index in [4.69, 9.17) is 0 Å². The van der Waals surface area contributed by atoms with Crippen molar-refractivity contribution in [1.82, 2.24) is 14.8 Å². The Hall–Kier alpha value is -2.91. The van der Waals surface area contributed by atoms with Gasteiger partial charge in [-0.15, -0.1) is 0 Å². The van der Waals surface area contributed by atoms with Crippen LogP contribution in [0.2, 0.25) is 0 Å². The van der Waals surface area contributed by atoms with E-state index in [0.717, 1.165) is 12.1 Å². The number of nitrogens with zero attached hydrogens (tertiary/aromatic N) is 3. The number of halogens is 3. The lowest BCUT2D eigenvalue weighted by atomic mass is 10.1. The first-order chi connectivity index (χ1) is 11.3. The van der Waals surface area contributed by atoms with Gasteiger partial charge in [-0.2, -0.15) is 23.3 Å². The Morgan fingerprint density at radius 2 is 2.08 bits per heavy atom. The van der Waals surface area contributed by atoms with Crippen LogP contribution in [0.5, 0.6) is 0 Å². The largest absolute Gasteiger partial charge is 0.418 e. The summed E-state index contributed by atoms with van der Waals surface area (Å²) in [7, 11) is 0. The Labute approximate surface area is 133 Å². The van der Waals surface area contributed by atoms with E-state index in [1.807, 2.05) is 0 Å². The van der Waals surface area contributed by atoms with Crippen LogP contribution >= 0.6 is 0 Å². The number of aryl methyl sites for hydroxylation is 1. The van der Waals surface area contributed by atoms with Crippen molar-refractivity contribution in [2.75, 3.05) is 10.6 Å². The Bertz CT molecular complexity index is 815. The Morgan fingerprint density at radius 3 is 2.79 bits per heavy atom. The molecule has 1 aromatic carbocycles. The molecular weight excluding hydrogens is 327 g/mol.